The predicted octanol–water partition coefficient (Wildman–Crippen LogP) is 2.01. The fraction of sp³-hybridized carbons (Fsp3) is 0.333. The summed E-state index contributed by atoms with van der Waals surface area (Å²) < 4.78 is 24.4. The minimum Gasteiger partial charge on any atom is -0.235 e. The fourth-order valence-electron chi connectivity index (χ4n) is 1.37. The van der Waals surface area contributed by atoms with Crippen LogP contribution in [0.2, 0.25) is 0 Å². The standard InChI is InChI=1S/C9H9ClN2O2S2/c1-6-4-15-8-7(6)11-5-12-9(8)16(13,14)3-2-10/h4-5H,2-3H2,1H3. The number of alkyl halides is 1. The molecule has 0 aliphatic heterocycles. The molecule has 0 saturated carbocycles. The van der Waals surface area contributed by atoms with Crippen LogP contribution in [0, 0.1) is 6.92 Å². The number of fused-ring (bicyclic) bond motifs is 1. The van der Waals surface area contributed by atoms with Crippen LogP contribution in [-0.2, 0) is 9.84 Å². The summed E-state index contributed by atoms with van der Waals surface area (Å²) in [5.41, 5.74) is 1.66. The lowest BCUT2D eigenvalue weighted by atomic mass is 10.3. The number of rotatable bonds is 3. The summed E-state index contributed by atoms with van der Waals surface area (Å²) in [7, 11) is -3.40. The van der Waals surface area contributed by atoms with Crippen LogP contribution in [0.3, 0.4) is 0 Å². The van der Waals surface area contributed by atoms with Gasteiger partial charge in [0.05, 0.1) is 16.0 Å². The van der Waals surface area contributed by atoms with Gasteiger partial charge in [0, 0.05) is 5.88 Å². The van der Waals surface area contributed by atoms with Crippen molar-refractivity contribution < 1.29 is 8.42 Å². The Bertz CT molecular complexity index is 621. The van der Waals surface area contributed by atoms with Crippen LogP contribution in [-0.4, -0.2) is 30.0 Å². The van der Waals surface area contributed by atoms with Crippen molar-refractivity contribution in [2.45, 2.75) is 11.9 Å². The van der Waals surface area contributed by atoms with E-state index in [2.05, 4.69) is 9.97 Å². The van der Waals surface area contributed by atoms with Crippen molar-refractivity contribution in [2.24, 2.45) is 0 Å². The topological polar surface area (TPSA) is 59.9 Å². The van der Waals surface area contributed by atoms with Gasteiger partial charge in [-0.15, -0.1) is 22.9 Å². The van der Waals surface area contributed by atoms with E-state index in [0.717, 1.165) is 5.56 Å². The Morgan fingerprint density at radius 1 is 1.44 bits per heavy atom. The highest BCUT2D eigenvalue weighted by atomic mass is 35.5. The SMILES string of the molecule is Cc1csc2c(S(=O)(=O)CCCl)ncnc12. The maximum atomic E-state index is 11.9. The van der Waals surface area contributed by atoms with Crippen LogP contribution in [0.5, 0.6) is 0 Å². The molecule has 0 bridgehead atoms. The van der Waals surface area contributed by atoms with Crippen LogP contribution in [0.1, 0.15) is 5.56 Å². The highest BCUT2D eigenvalue weighted by Crippen LogP contribution is 2.28. The second-order valence-electron chi connectivity index (χ2n) is 3.28. The number of sulfone groups is 1. The zero-order valence-electron chi connectivity index (χ0n) is 8.47. The number of thiophene rings is 1. The van der Waals surface area contributed by atoms with E-state index in [1.165, 1.54) is 17.7 Å². The monoisotopic (exact) mass is 276 g/mol. The third kappa shape index (κ3) is 1.92. The van der Waals surface area contributed by atoms with Crippen molar-refractivity contribution in [3.8, 4) is 0 Å². The molecule has 0 aliphatic carbocycles. The van der Waals surface area contributed by atoms with Gasteiger partial charge in [-0.05, 0) is 17.9 Å². The average Bonchev–Trinajstić information content (AvgIpc) is 2.60. The molecule has 0 fully saturated rings. The van der Waals surface area contributed by atoms with Gasteiger partial charge in [0.1, 0.15) is 6.33 Å². The number of hydrogen-bond acceptors (Lipinski definition) is 5. The van der Waals surface area contributed by atoms with E-state index in [1.54, 1.807) is 0 Å². The summed E-state index contributed by atoms with van der Waals surface area (Å²) >= 11 is 6.82. The van der Waals surface area contributed by atoms with Crippen LogP contribution >= 0.6 is 22.9 Å². The fourth-order valence-corrected chi connectivity index (χ4v) is 4.37. The molecule has 2 aromatic heterocycles. The lowest BCUT2D eigenvalue weighted by molar-refractivity contribution is 0.595. The molecule has 0 amide bonds. The molecule has 2 rings (SSSR count). The summed E-state index contributed by atoms with van der Waals surface area (Å²) in [6.07, 6.45) is 1.28. The Morgan fingerprint density at radius 3 is 2.88 bits per heavy atom. The van der Waals surface area contributed by atoms with E-state index in [4.69, 9.17) is 11.6 Å². The van der Waals surface area contributed by atoms with Gasteiger partial charge >= 0.3 is 0 Å². The van der Waals surface area contributed by atoms with Crippen molar-refractivity contribution in [1.82, 2.24) is 9.97 Å². The van der Waals surface area contributed by atoms with Gasteiger partial charge in [-0.3, -0.25) is 0 Å². The Labute approximate surface area is 102 Å². The van der Waals surface area contributed by atoms with E-state index < -0.39 is 9.84 Å². The van der Waals surface area contributed by atoms with E-state index >= 15 is 0 Å². The number of aryl methyl sites for hydroxylation is 1. The molecule has 0 radical (unpaired) electrons. The van der Waals surface area contributed by atoms with Gasteiger partial charge in [0.15, 0.2) is 14.9 Å². The normalized spacial score (nSPS) is 12.1. The lowest BCUT2D eigenvalue weighted by Crippen LogP contribution is -2.10. The lowest BCUT2D eigenvalue weighted by Gasteiger charge is -2.01. The maximum absolute atomic E-state index is 11.9. The zero-order valence-corrected chi connectivity index (χ0v) is 10.9. The first kappa shape index (κ1) is 11.8. The van der Waals surface area contributed by atoms with Crippen LogP contribution in [0.15, 0.2) is 16.7 Å². The number of halogens is 1. The van der Waals surface area contributed by atoms with E-state index in [-0.39, 0.29) is 16.7 Å². The largest absolute Gasteiger partial charge is 0.235 e. The molecule has 0 unspecified atom stereocenters. The van der Waals surface area contributed by atoms with E-state index in [1.807, 2.05) is 12.3 Å². The van der Waals surface area contributed by atoms with Gasteiger partial charge in [-0.25, -0.2) is 18.4 Å². The Balaban J connectivity index is 2.70. The molecule has 0 N–H and O–H groups in total. The van der Waals surface area contributed by atoms with Crippen molar-refractivity contribution in [3.63, 3.8) is 0 Å². The van der Waals surface area contributed by atoms with E-state index in [9.17, 15) is 8.42 Å². The Kier molecular flexibility index (Phi) is 3.14. The molecule has 16 heavy (non-hydrogen) atoms. The molecule has 0 aromatic carbocycles. The Morgan fingerprint density at radius 2 is 2.19 bits per heavy atom. The summed E-state index contributed by atoms with van der Waals surface area (Å²) in [5, 5.41) is 1.97. The van der Waals surface area contributed by atoms with Gasteiger partial charge in [0.2, 0.25) is 0 Å². The van der Waals surface area contributed by atoms with Crippen molar-refractivity contribution in [1.29, 1.82) is 0 Å². The van der Waals surface area contributed by atoms with Gasteiger partial charge in [0.25, 0.3) is 0 Å². The molecule has 7 heteroatoms. The van der Waals surface area contributed by atoms with Crippen LogP contribution in [0.25, 0.3) is 10.2 Å². The first-order valence-corrected chi connectivity index (χ1v) is 7.60. The quantitative estimate of drug-likeness (QED) is 0.636. The molecule has 2 aromatic rings. The third-order valence-corrected chi connectivity index (χ3v) is 5.42. The van der Waals surface area contributed by atoms with Gasteiger partial charge < -0.3 is 0 Å². The van der Waals surface area contributed by atoms with Gasteiger partial charge in [-0.2, -0.15) is 0 Å². The maximum Gasteiger partial charge on any atom is 0.198 e. The molecular formula is C9H9ClN2O2S2. The third-order valence-electron chi connectivity index (χ3n) is 2.14. The minimum absolute atomic E-state index is 0.0676. The van der Waals surface area contributed by atoms with Crippen LogP contribution < -0.4 is 0 Å². The summed E-state index contributed by atoms with van der Waals surface area (Å²) in [6.45, 7) is 1.89. The second kappa shape index (κ2) is 4.27. The molecule has 0 atom stereocenters. The highest BCUT2D eigenvalue weighted by molar-refractivity contribution is 7.91. The smallest absolute Gasteiger partial charge is 0.198 e. The zero-order chi connectivity index (χ0) is 11.8. The molecule has 4 nitrogen and oxygen atoms in total. The molecular weight excluding hydrogens is 268 g/mol. The first-order chi connectivity index (χ1) is 7.56. The summed E-state index contributed by atoms with van der Waals surface area (Å²) in [5.74, 6) is -0.0319. The molecule has 86 valence electrons. The molecule has 2 heterocycles. The number of aromatic nitrogens is 2. The minimum atomic E-state index is -3.40. The molecule has 0 spiro atoms. The van der Waals surface area contributed by atoms with E-state index in [0.29, 0.717) is 10.2 Å². The van der Waals surface area contributed by atoms with Crippen molar-refractivity contribution in [2.75, 3.05) is 11.6 Å². The summed E-state index contributed by atoms with van der Waals surface area (Å²) in [4.78, 5) is 7.94. The average molecular weight is 277 g/mol. The number of nitrogens with zero attached hydrogens (tertiary/aromatic N) is 2. The van der Waals surface area contributed by atoms with Crippen molar-refractivity contribution >= 4 is 43.0 Å². The summed E-state index contributed by atoms with van der Waals surface area (Å²) in [6, 6.07) is 0. The number of hydrogen-bond donors (Lipinski definition) is 0. The second-order valence-corrected chi connectivity index (χ2v) is 6.57. The van der Waals surface area contributed by atoms with Gasteiger partial charge in [-0.1, -0.05) is 0 Å². The Hall–Kier alpha value is -0.720. The predicted molar refractivity (Wildman–Crippen MR) is 64.9 cm³/mol. The molecule has 0 aliphatic rings. The van der Waals surface area contributed by atoms with Crippen LogP contribution in [0.4, 0.5) is 0 Å². The highest BCUT2D eigenvalue weighted by Gasteiger charge is 2.20. The first-order valence-electron chi connectivity index (χ1n) is 4.54. The van der Waals surface area contributed by atoms with Crippen molar-refractivity contribution in [3.05, 3.63) is 17.3 Å². The molecule has 0 saturated heterocycles.